The zero-order valence-corrected chi connectivity index (χ0v) is 12.4. The number of hydrogen-bond donors (Lipinski definition) is 2. The number of aromatic nitrogens is 2. The van der Waals surface area contributed by atoms with Gasteiger partial charge in [-0.3, -0.25) is 0 Å². The van der Waals surface area contributed by atoms with E-state index in [1.54, 1.807) is 25.5 Å². The van der Waals surface area contributed by atoms with Gasteiger partial charge in [-0.05, 0) is 27.4 Å². The minimum absolute atomic E-state index is 0.618. The second-order valence-corrected chi connectivity index (χ2v) is 5.25. The monoisotopic (exact) mass is 328 g/mol. The van der Waals surface area contributed by atoms with E-state index < -0.39 is 0 Å². The van der Waals surface area contributed by atoms with Crippen LogP contribution in [0.4, 0.5) is 11.6 Å². The van der Waals surface area contributed by atoms with E-state index in [1.807, 2.05) is 11.4 Å². The van der Waals surface area contributed by atoms with Crippen LogP contribution in [-0.2, 0) is 6.54 Å². The van der Waals surface area contributed by atoms with Gasteiger partial charge in [-0.25, -0.2) is 9.97 Å². The third-order valence-electron chi connectivity index (χ3n) is 2.35. The van der Waals surface area contributed by atoms with E-state index in [0.717, 1.165) is 4.47 Å². The van der Waals surface area contributed by atoms with E-state index in [4.69, 9.17) is 4.74 Å². The van der Waals surface area contributed by atoms with E-state index in [1.165, 1.54) is 11.2 Å². The fourth-order valence-corrected chi connectivity index (χ4v) is 2.92. The van der Waals surface area contributed by atoms with Crippen molar-refractivity contribution in [1.29, 1.82) is 0 Å². The Morgan fingerprint density at radius 1 is 1.39 bits per heavy atom. The van der Waals surface area contributed by atoms with Gasteiger partial charge in [0.15, 0.2) is 11.6 Å². The molecule has 2 N–H and O–H groups in total. The molecule has 0 aliphatic carbocycles. The molecule has 0 spiro atoms. The van der Waals surface area contributed by atoms with Gasteiger partial charge in [0.2, 0.25) is 5.75 Å². The summed E-state index contributed by atoms with van der Waals surface area (Å²) in [5, 5.41) is 8.25. The van der Waals surface area contributed by atoms with Gasteiger partial charge in [0, 0.05) is 16.4 Å². The highest BCUT2D eigenvalue weighted by molar-refractivity contribution is 9.10. The summed E-state index contributed by atoms with van der Waals surface area (Å²) in [6.45, 7) is 0.689. The molecule has 2 heterocycles. The third kappa shape index (κ3) is 2.73. The molecule has 2 aromatic rings. The molecule has 0 saturated carbocycles. The Hall–Kier alpha value is -1.34. The van der Waals surface area contributed by atoms with Crippen LogP contribution in [0.25, 0.3) is 0 Å². The quantitative estimate of drug-likeness (QED) is 0.883. The fourth-order valence-electron chi connectivity index (χ4n) is 1.49. The summed E-state index contributed by atoms with van der Waals surface area (Å²) in [6.07, 6.45) is 1.50. The Morgan fingerprint density at radius 3 is 2.78 bits per heavy atom. The van der Waals surface area contributed by atoms with Crippen molar-refractivity contribution in [2.75, 3.05) is 24.8 Å². The van der Waals surface area contributed by atoms with Gasteiger partial charge < -0.3 is 15.4 Å². The van der Waals surface area contributed by atoms with Crippen LogP contribution in [0.1, 0.15) is 4.88 Å². The van der Waals surface area contributed by atoms with E-state index in [9.17, 15) is 0 Å². The summed E-state index contributed by atoms with van der Waals surface area (Å²) in [4.78, 5) is 9.50. The molecule has 0 saturated heterocycles. The highest BCUT2D eigenvalue weighted by Gasteiger charge is 2.11. The second-order valence-electron chi connectivity index (χ2n) is 3.40. The molecule has 0 aliphatic heterocycles. The number of rotatable bonds is 5. The molecule has 0 unspecified atom stereocenters. The molecule has 0 bridgehead atoms. The van der Waals surface area contributed by atoms with Crippen molar-refractivity contribution < 1.29 is 4.74 Å². The average Bonchev–Trinajstić information content (AvgIpc) is 2.81. The molecule has 2 rings (SSSR count). The molecule has 18 heavy (non-hydrogen) atoms. The predicted octanol–water partition coefficient (Wildman–Crippen LogP) is 2.96. The summed E-state index contributed by atoms with van der Waals surface area (Å²) in [7, 11) is 3.40. The van der Waals surface area contributed by atoms with Crippen LogP contribution < -0.4 is 15.4 Å². The highest BCUT2D eigenvalue weighted by Crippen LogP contribution is 2.30. The summed E-state index contributed by atoms with van der Waals surface area (Å²) in [5.74, 6) is 1.96. The number of ether oxygens (including phenoxy) is 1. The lowest BCUT2D eigenvalue weighted by Gasteiger charge is -2.12. The van der Waals surface area contributed by atoms with Crippen molar-refractivity contribution in [3.05, 3.63) is 27.1 Å². The van der Waals surface area contributed by atoms with E-state index in [-0.39, 0.29) is 0 Å². The Kier molecular flexibility index (Phi) is 4.38. The maximum atomic E-state index is 5.31. The van der Waals surface area contributed by atoms with Gasteiger partial charge in [0.25, 0.3) is 0 Å². The first-order chi connectivity index (χ1) is 8.76. The van der Waals surface area contributed by atoms with Crippen LogP contribution in [0.2, 0.25) is 0 Å². The van der Waals surface area contributed by atoms with E-state index in [0.29, 0.717) is 23.9 Å². The van der Waals surface area contributed by atoms with Crippen molar-refractivity contribution in [3.8, 4) is 5.75 Å². The number of anilines is 2. The Bertz CT molecular complexity index is 532. The van der Waals surface area contributed by atoms with Gasteiger partial charge >= 0.3 is 0 Å². The molecule has 0 fully saturated rings. The standard InChI is InChI=1S/C11H13BrN4OS/c1-13-10-9(17-2)11(16-6-15-10)14-5-8-7(12)3-4-18-8/h3-4,6H,5H2,1-2H3,(H2,13,14,15,16). The molecule has 0 radical (unpaired) electrons. The summed E-state index contributed by atoms with van der Waals surface area (Å²) < 4.78 is 6.41. The molecule has 5 nitrogen and oxygen atoms in total. The largest absolute Gasteiger partial charge is 0.490 e. The molecule has 0 aliphatic rings. The molecular weight excluding hydrogens is 316 g/mol. The third-order valence-corrected chi connectivity index (χ3v) is 4.28. The van der Waals surface area contributed by atoms with Crippen molar-refractivity contribution in [3.63, 3.8) is 0 Å². The fraction of sp³-hybridized carbons (Fsp3) is 0.273. The van der Waals surface area contributed by atoms with Crippen molar-refractivity contribution in [2.45, 2.75) is 6.54 Å². The van der Waals surface area contributed by atoms with Gasteiger partial charge in [0.1, 0.15) is 6.33 Å². The zero-order valence-electron chi connectivity index (χ0n) is 10.0. The zero-order chi connectivity index (χ0) is 13.0. The number of nitrogens with one attached hydrogen (secondary N) is 2. The van der Waals surface area contributed by atoms with Crippen LogP contribution in [0.5, 0.6) is 5.75 Å². The van der Waals surface area contributed by atoms with Gasteiger partial charge in [-0.1, -0.05) is 0 Å². The van der Waals surface area contributed by atoms with Crippen molar-refractivity contribution in [2.24, 2.45) is 0 Å². The summed E-state index contributed by atoms with van der Waals surface area (Å²) in [6, 6.07) is 2.03. The number of halogens is 1. The van der Waals surface area contributed by atoms with Crippen LogP contribution in [0.15, 0.2) is 22.2 Å². The number of nitrogens with zero attached hydrogens (tertiary/aromatic N) is 2. The molecule has 0 aromatic carbocycles. The lowest BCUT2D eigenvalue weighted by Crippen LogP contribution is -2.06. The maximum absolute atomic E-state index is 5.31. The van der Waals surface area contributed by atoms with Gasteiger partial charge in [-0.2, -0.15) is 0 Å². The van der Waals surface area contributed by atoms with Crippen molar-refractivity contribution >= 4 is 38.9 Å². The van der Waals surface area contributed by atoms with Crippen LogP contribution >= 0.6 is 27.3 Å². The first-order valence-electron chi connectivity index (χ1n) is 5.28. The number of thiophene rings is 1. The molecule has 2 aromatic heterocycles. The number of methoxy groups -OCH3 is 1. The average molecular weight is 329 g/mol. The maximum Gasteiger partial charge on any atom is 0.204 e. The first-order valence-corrected chi connectivity index (χ1v) is 6.96. The predicted molar refractivity (Wildman–Crippen MR) is 77.5 cm³/mol. The second kappa shape index (κ2) is 6.01. The summed E-state index contributed by atoms with van der Waals surface area (Å²) in [5.41, 5.74) is 0. The summed E-state index contributed by atoms with van der Waals surface area (Å²) >= 11 is 5.18. The normalized spacial score (nSPS) is 10.2. The van der Waals surface area contributed by atoms with Crippen molar-refractivity contribution in [1.82, 2.24) is 9.97 Å². The molecular formula is C11H13BrN4OS. The Morgan fingerprint density at radius 2 is 2.17 bits per heavy atom. The van der Waals surface area contributed by atoms with E-state index >= 15 is 0 Å². The SMILES string of the molecule is CNc1ncnc(NCc2sccc2Br)c1OC. The van der Waals surface area contributed by atoms with E-state index in [2.05, 4.69) is 36.5 Å². The van der Waals surface area contributed by atoms with Gasteiger partial charge in [0.05, 0.1) is 13.7 Å². The minimum atomic E-state index is 0.618. The van der Waals surface area contributed by atoms with Crippen LogP contribution in [-0.4, -0.2) is 24.1 Å². The smallest absolute Gasteiger partial charge is 0.204 e. The first kappa shape index (κ1) is 13.1. The molecule has 7 heteroatoms. The molecule has 96 valence electrons. The van der Waals surface area contributed by atoms with Crippen LogP contribution in [0, 0.1) is 0 Å². The lowest BCUT2D eigenvalue weighted by molar-refractivity contribution is 0.415. The Labute approximate surface area is 118 Å². The Balaban J connectivity index is 2.16. The molecule has 0 atom stereocenters. The highest BCUT2D eigenvalue weighted by atomic mass is 79.9. The molecule has 0 amide bonds. The minimum Gasteiger partial charge on any atom is -0.490 e. The lowest BCUT2D eigenvalue weighted by atomic mass is 10.4. The number of hydrogen-bond acceptors (Lipinski definition) is 6. The van der Waals surface area contributed by atoms with Crippen LogP contribution in [0.3, 0.4) is 0 Å². The topological polar surface area (TPSA) is 59.1 Å². The van der Waals surface area contributed by atoms with Gasteiger partial charge in [-0.15, -0.1) is 11.3 Å².